The first kappa shape index (κ1) is 13.3. The van der Waals surface area contributed by atoms with E-state index >= 15 is 0 Å². The molecule has 0 fully saturated rings. The van der Waals surface area contributed by atoms with Gasteiger partial charge in [-0.25, -0.2) is 4.79 Å². The van der Waals surface area contributed by atoms with Crippen LogP contribution in [0.25, 0.3) is 0 Å². The maximum absolute atomic E-state index is 11.0. The molecule has 0 saturated heterocycles. The first-order chi connectivity index (χ1) is 6.21. The molecule has 1 atom stereocenters. The SMILES string of the molecule is CC(C)N(C=O)[C@@H](C(=O)O)C(C)(C)S. The number of carboxylic acid groups (broad SMARTS) is 1. The van der Waals surface area contributed by atoms with E-state index in [0.717, 1.165) is 0 Å². The van der Waals surface area contributed by atoms with Gasteiger partial charge in [-0.3, -0.25) is 4.79 Å². The molecule has 0 spiro atoms. The molecule has 4 nitrogen and oxygen atoms in total. The molecule has 0 aliphatic heterocycles. The predicted molar refractivity (Wildman–Crippen MR) is 57.5 cm³/mol. The van der Waals surface area contributed by atoms with Gasteiger partial charge < -0.3 is 10.0 Å². The van der Waals surface area contributed by atoms with Crippen LogP contribution in [-0.2, 0) is 9.59 Å². The highest BCUT2D eigenvalue weighted by atomic mass is 32.1. The Morgan fingerprint density at radius 2 is 1.93 bits per heavy atom. The van der Waals surface area contributed by atoms with Gasteiger partial charge >= 0.3 is 5.97 Å². The first-order valence-electron chi connectivity index (χ1n) is 4.39. The van der Waals surface area contributed by atoms with Crippen LogP contribution in [0.3, 0.4) is 0 Å². The monoisotopic (exact) mass is 219 g/mol. The van der Waals surface area contributed by atoms with Gasteiger partial charge in [0.15, 0.2) is 0 Å². The van der Waals surface area contributed by atoms with Gasteiger partial charge in [0.05, 0.1) is 0 Å². The van der Waals surface area contributed by atoms with E-state index in [1.165, 1.54) is 4.90 Å². The largest absolute Gasteiger partial charge is 0.480 e. The summed E-state index contributed by atoms with van der Waals surface area (Å²) in [5.74, 6) is -1.04. The predicted octanol–water partition coefficient (Wildman–Crippen LogP) is 1.01. The van der Waals surface area contributed by atoms with Crippen molar-refractivity contribution < 1.29 is 14.7 Å². The van der Waals surface area contributed by atoms with Crippen LogP contribution < -0.4 is 0 Å². The van der Waals surface area contributed by atoms with Crippen molar-refractivity contribution in [3.05, 3.63) is 0 Å². The number of carbonyl (C=O) groups is 2. The highest BCUT2D eigenvalue weighted by molar-refractivity contribution is 7.81. The molecule has 0 bridgehead atoms. The zero-order valence-electron chi connectivity index (χ0n) is 8.89. The third-order valence-electron chi connectivity index (χ3n) is 1.92. The Hall–Kier alpha value is -0.710. The fourth-order valence-corrected chi connectivity index (χ4v) is 1.52. The summed E-state index contributed by atoms with van der Waals surface area (Å²) in [7, 11) is 0. The number of amides is 1. The van der Waals surface area contributed by atoms with Crippen LogP contribution in [-0.4, -0.2) is 39.2 Å². The standard InChI is InChI=1S/C9H17NO3S/c1-6(2)10(5-11)7(8(12)13)9(3,4)14/h5-7,14H,1-4H3,(H,12,13)/t7-/m0/s1. The van der Waals surface area contributed by atoms with Crippen LogP contribution in [0.5, 0.6) is 0 Å². The molecule has 14 heavy (non-hydrogen) atoms. The average Bonchev–Trinajstić information content (AvgIpc) is 1.95. The van der Waals surface area contributed by atoms with Gasteiger partial charge in [0.1, 0.15) is 6.04 Å². The lowest BCUT2D eigenvalue weighted by Crippen LogP contribution is -2.53. The number of hydrogen-bond acceptors (Lipinski definition) is 3. The summed E-state index contributed by atoms with van der Waals surface area (Å²) < 4.78 is -0.767. The molecule has 0 aromatic carbocycles. The fourth-order valence-electron chi connectivity index (χ4n) is 1.28. The molecular weight excluding hydrogens is 202 g/mol. The Labute approximate surface area is 89.7 Å². The van der Waals surface area contributed by atoms with Crippen molar-refractivity contribution >= 4 is 25.0 Å². The lowest BCUT2D eigenvalue weighted by Gasteiger charge is -2.36. The van der Waals surface area contributed by atoms with Crippen molar-refractivity contribution in [1.82, 2.24) is 4.90 Å². The Balaban J connectivity index is 4.99. The Kier molecular flexibility index (Phi) is 4.45. The molecule has 0 unspecified atom stereocenters. The number of carboxylic acids is 1. The summed E-state index contributed by atoms with van der Waals surface area (Å²) in [6, 6.07) is -1.07. The van der Waals surface area contributed by atoms with Crippen LogP contribution in [0.2, 0.25) is 0 Å². The highest BCUT2D eigenvalue weighted by Crippen LogP contribution is 2.23. The van der Waals surface area contributed by atoms with E-state index in [0.29, 0.717) is 6.41 Å². The number of aliphatic carboxylic acids is 1. The lowest BCUT2D eigenvalue weighted by atomic mass is 10.0. The summed E-state index contributed by atoms with van der Waals surface area (Å²) in [6.07, 6.45) is 0.557. The smallest absolute Gasteiger partial charge is 0.327 e. The van der Waals surface area contributed by atoms with Gasteiger partial charge in [0, 0.05) is 10.8 Å². The van der Waals surface area contributed by atoms with Crippen molar-refractivity contribution in [1.29, 1.82) is 0 Å². The van der Waals surface area contributed by atoms with Gasteiger partial charge in [-0.2, -0.15) is 12.6 Å². The van der Waals surface area contributed by atoms with Crippen molar-refractivity contribution in [2.45, 2.75) is 44.5 Å². The topological polar surface area (TPSA) is 57.6 Å². The maximum atomic E-state index is 11.0. The van der Waals surface area contributed by atoms with Gasteiger partial charge in [0.2, 0.25) is 6.41 Å². The van der Waals surface area contributed by atoms with Crippen molar-refractivity contribution in [3.63, 3.8) is 0 Å². The Morgan fingerprint density at radius 1 is 1.50 bits per heavy atom. The van der Waals surface area contributed by atoms with Gasteiger partial charge in [-0.1, -0.05) is 0 Å². The zero-order chi connectivity index (χ0) is 11.5. The third-order valence-corrected chi connectivity index (χ3v) is 2.16. The van der Waals surface area contributed by atoms with E-state index in [9.17, 15) is 9.59 Å². The van der Waals surface area contributed by atoms with E-state index in [4.69, 9.17) is 5.11 Å². The second kappa shape index (κ2) is 4.68. The molecule has 0 heterocycles. The van der Waals surface area contributed by atoms with Gasteiger partial charge in [0.25, 0.3) is 0 Å². The van der Waals surface area contributed by atoms with E-state index < -0.39 is 16.8 Å². The summed E-state index contributed by atoms with van der Waals surface area (Å²) >= 11 is 4.20. The van der Waals surface area contributed by atoms with E-state index in [1.54, 1.807) is 27.7 Å². The minimum atomic E-state index is -1.04. The van der Waals surface area contributed by atoms with Crippen LogP contribution in [0.1, 0.15) is 27.7 Å². The first-order valence-corrected chi connectivity index (χ1v) is 4.84. The Morgan fingerprint density at radius 3 is 2.00 bits per heavy atom. The number of nitrogens with zero attached hydrogens (tertiary/aromatic N) is 1. The quantitative estimate of drug-likeness (QED) is 0.536. The number of thiol groups is 1. The molecule has 0 aliphatic carbocycles. The zero-order valence-corrected chi connectivity index (χ0v) is 9.78. The lowest BCUT2D eigenvalue weighted by molar-refractivity contribution is -0.148. The van der Waals surface area contributed by atoms with Crippen LogP contribution in [0.4, 0.5) is 0 Å². The number of carbonyl (C=O) groups excluding carboxylic acids is 1. The Bertz CT molecular complexity index is 223. The molecule has 0 aliphatic rings. The van der Waals surface area contributed by atoms with Crippen molar-refractivity contribution in [3.8, 4) is 0 Å². The molecule has 1 amide bonds. The van der Waals surface area contributed by atoms with Crippen LogP contribution in [0.15, 0.2) is 0 Å². The molecule has 5 heteroatoms. The summed E-state index contributed by atoms with van der Waals surface area (Å²) in [4.78, 5) is 23.0. The average molecular weight is 219 g/mol. The molecule has 0 aromatic rings. The van der Waals surface area contributed by atoms with Gasteiger partial charge in [-0.05, 0) is 27.7 Å². The van der Waals surface area contributed by atoms with E-state index in [-0.39, 0.29) is 6.04 Å². The molecule has 0 rings (SSSR count). The van der Waals surface area contributed by atoms with Gasteiger partial charge in [-0.15, -0.1) is 0 Å². The molecule has 0 aromatic heterocycles. The second-order valence-corrected chi connectivity index (χ2v) is 5.19. The fraction of sp³-hybridized carbons (Fsp3) is 0.778. The maximum Gasteiger partial charge on any atom is 0.327 e. The molecule has 82 valence electrons. The molecule has 0 radical (unpaired) electrons. The summed E-state index contributed by atoms with van der Waals surface area (Å²) in [6.45, 7) is 6.88. The molecule has 0 saturated carbocycles. The molecule has 1 N–H and O–H groups in total. The normalized spacial score (nSPS) is 13.9. The highest BCUT2D eigenvalue weighted by Gasteiger charge is 2.37. The number of hydrogen-bond donors (Lipinski definition) is 2. The van der Waals surface area contributed by atoms with E-state index in [2.05, 4.69) is 12.6 Å². The third kappa shape index (κ3) is 3.21. The minimum Gasteiger partial charge on any atom is -0.480 e. The van der Waals surface area contributed by atoms with Crippen molar-refractivity contribution in [2.75, 3.05) is 0 Å². The second-order valence-electron chi connectivity index (χ2n) is 4.04. The summed E-state index contributed by atoms with van der Waals surface area (Å²) in [5, 5.41) is 9.01. The molecular formula is C9H17NO3S. The minimum absolute atomic E-state index is 0.153. The van der Waals surface area contributed by atoms with Crippen LogP contribution in [0, 0.1) is 0 Å². The van der Waals surface area contributed by atoms with E-state index in [1.807, 2.05) is 0 Å². The van der Waals surface area contributed by atoms with Crippen molar-refractivity contribution in [2.24, 2.45) is 0 Å². The van der Waals surface area contributed by atoms with Crippen LogP contribution >= 0.6 is 12.6 Å². The summed E-state index contributed by atoms with van der Waals surface area (Å²) in [5.41, 5.74) is 0. The number of rotatable bonds is 5.